The number of halogens is 2. The fourth-order valence-corrected chi connectivity index (χ4v) is 5.31. The zero-order chi connectivity index (χ0) is 18.2. The molecule has 1 heterocycles. The van der Waals surface area contributed by atoms with Gasteiger partial charge < -0.3 is 9.97 Å². The van der Waals surface area contributed by atoms with Crippen LogP contribution in [0, 0.1) is 0 Å². The van der Waals surface area contributed by atoms with Crippen LogP contribution in [0.15, 0.2) is 97.3 Å². The first kappa shape index (κ1) is 21.9. The molecule has 0 unspecified atom stereocenters. The number of nitrogens with zero attached hydrogens (tertiary/aromatic N) is 2. The van der Waals surface area contributed by atoms with Crippen LogP contribution >= 0.6 is 31.1 Å². The maximum absolute atomic E-state index is 5.32. The normalized spacial score (nSPS) is 9.89. The molecular weight excluding hydrogens is 579 g/mol. The molecule has 0 spiro atoms. The van der Waals surface area contributed by atoms with Crippen LogP contribution in [-0.4, -0.2) is 4.98 Å². The van der Waals surface area contributed by atoms with Crippen molar-refractivity contribution in [3.8, 4) is 0 Å². The Morgan fingerprint density at radius 2 is 1.00 bits per heavy atom. The Kier molecular flexibility index (Phi) is 9.30. The fraction of sp³-hybridized carbons (Fsp3) is 0. The van der Waals surface area contributed by atoms with Gasteiger partial charge in [-0.1, -0.05) is 84.1 Å². The average Bonchev–Trinajstić information content (AvgIpc) is 3.08. The van der Waals surface area contributed by atoms with Crippen molar-refractivity contribution in [1.82, 2.24) is 9.97 Å². The number of hydrogen-bond donors (Lipinski definition) is 0. The van der Waals surface area contributed by atoms with Crippen molar-refractivity contribution < 1.29 is 22.4 Å². The van der Waals surface area contributed by atoms with E-state index in [1.54, 1.807) is 0 Å². The third kappa shape index (κ3) is 6.33. The van der Waals surface area contributed by atoms with E-state index in [9.17, 15) is 0 Å². The Bertz CT molecular complexity index is 808. The molecule has 0 amide bonds. The van der Waals surface area contributed by atoms with E-state index in [2.05, 4.69) is 101 Å². The smallest absolute Gasteiger partial charge is 0.432 e. The minimum absolute atomic E-state index is 0. The molecule has 6 heteroatoms. The summed E-state index contributed by atoms with van der Waals surface area (Å²) in [7, 11) is -0.877. The minimum atomic E-state index is -0.877. The van der Waals surface area contributed by atoms with Crippen LogP contribution in [0.25, 0.3) is 0 Å². The molecule has 0 saturated heterocycles. The monoisotopic (exact) mass is 595 g/mol. The Labute approximate surface area is 186 Å². The third-order valence-electron chi connectivity index (χ3n) is 3.70. The molecule has 140 valence electrons. The van der Waals surface area contributed by atoms with Crippen molar-refractivity contribution in [2.45, 2.75) is 0 Å². The van der Waals surface area contributed by atoms with Crippen molar-refractivity contribution in [3.05, 3.63) is 108 Å². The van der Waals surface area contributed by atoms with Gasteiger partial charge in [0, 0.05) is 10.3 Å². The van der Waals surface area contributed by atoms with Gasteiger partial charge in [0.05, 0.1) is 7.92 Å². The van der Waals surface area contributed by atoms with Crippen LogP contribution in [0.1, 0.15) is 0 Å². The van der Waals surface area contributed by atoms with E-state index in [0.29, 0.717) is 0 Å². The van der Waals surface area contributed by atoms with E-state index in [-0.39, 0.29) is 32.7 Å². The van der Waals surface area contributed by atoms with Gasteiger partial charge in [-0.2, -0.15) is 0 Å². The summed E-state index contributed by atoms with van der Waals surface area (Å²) in [6.45, 7) is 0. The molecule has 0 N–H and O–H groups in total. The van der Waals surface area contributed by atoms with Gasteiger partial charge in [-0.25, -0.2) is 0 Å². The molecule has 0 bridgehead atoms. The summed E-state index contributed by atoms with van der Waals surface area (Å²) < 4.78 is 0. The molecule has 3 aromatic carbocycles. The molecule has 0 aliphatic carbocycles. The van der Waals surface area contributed by atoms with Gasteiger partial charge in [0.1, 0.15) is 15.9 Å². The zero-order valence-corrected chi connectivity index (χ0v) is 18.9. The number of aromatic nitrogens is 2. The first-order valence-electron chi connectivity index (χ1n) is 8.07. The zero-order valence-electron chi connectivity index (χ0n) is 14.2. The van der Waals surface area contributed by atoms with E-state index >= 15 is 0 Å². The van der Waals surface area contributed by atoms with E-state index in [1.165, 1.54) is 22.2 Å². The Hall–Kier alpha value is -1.38. The summed E-state index contributed by atoms with van der Waals surface area (Å²) in [6, 6.07) is 32.5. The van der Waals surface area contributed by atoms with Crippen molar-refractivity contribution in [1.29, 1.82) is 0 Å². The minimum Gasteiger partial charge on any atom is -0.432 e. The first-order valence-corrected chi connectivity index (χ1v) is 10.3. The van der Waals surface area contributed by atoms with Crippen molar-refractivity contribution in [2.75, 3.05) is 0 Å². The van der Waals surface area contributed by atoms with Crippen LogP contribution in [-0.2, 0) is 22.4 Å². The quantitative estimate of drug-likeness (QED) is 0.257. The van der Waals surface area contributed by atoms with Crippen LogP contribution < -0.4 is 20.9 Å². The second kappa shape index (κ2) is 11.5. The van der Waals surface area contributed by atoms with Crippen molar-refractivity contribution in [2.24, 2.45) is 0 Å². The molecule has 0 saturated carbocycles. The van der Waals surface area contributed by atoms with Gasteiger partial charge in [0.2, 0.25) is 0 Å². The summed E-state index contributed by atoms with van der Waals surface area (Å²) in [5.74, 6) is 0. The molecule has 0 radical (unpaired) electrons. The van der Waals surface area contributed by atoms with Crippen LogP contribution in [0.5, 0.6) is 0 Å². The molecule has 4 rings (SSSR count). The predicted octanol–water partition coefficient (Wildman–Crippen LogP) is 4.52. The van der Waals surface area contributed by atoms with Crippen molar-refractivity contribution in [3.63, 3.8) is 0 Å². The van der Waals surface area contributed by atoms with Gasteiger partial charge in [0.15, 0.2) is 0 Å². The van der Waals surface area contributed by atoms with Crippen LogP contribution in [0.2, 0.25) is 10.3 Å². The molecule has 1 aromatic heterocycles. The summed E-state index contributed by atoms with van der Waals surface area (Å²) >= 11 is 10.6. The Morgan fingerprint density at radius 1 is 0.630 bits per heavy atom. The molecule has 4 aromatic rings. The van der Waals surface area contributed by atoms with E-state index in [0.717, 1.165) is 0 Å². The summed E-state index contributed by atoms with van der Waals surface area (Å²) in [6.07, 6.45) is 1.31. The molecule has 0 aliphatic heterocycles. The van der Waals surface area contributed by atoms with Gasteiger partial charge in [-0.05, 0) is 36.4 Å². The van der Waals surface area contributed by atoms with E-state index in [4.69, 9.17) is 23.2 Å². The van der Waals surface area contributed by atoms with Crippen molar-refractivity contribution >= 4 is 47.0 Å². The maximum Gasteiger partial charge on any atom is 1.00 e. The SMILES string of the molecule is Clc1nc[n-]c1Cl.[Au+].c1ccc([PH+](c2ccccc2)c2ccccc2)cc1. The fourth-order valence-electron chi connectivity index (χ4n) is 2.55. The third-order valence-corrected chi connectivity index (χ3v) is 7.08. The summed E-state index contributed by atoms with van der Waals surface area (Å²) in [5, 5.41) is 4.84. The Morgan fingerprint density at radius 3 is 1.22 bits per heavy atom. The second-order valence-electron chi connectivity index (χ2n) is 5.43. The molecule has 2 nitrogen and oxygen atoms in total. The first-order chi connectivity index (χ1) is 12.8. The molecular formula is C21H17AuCl2N2P+. The van der Waals surface area contributed by atoms with Crippen LogP contribution in [0.3, 0.4) is 0 Å². The number of rotatable bonds is 3. The predicted molar refractivity (Wildman–Crippen MR) is 114 cm³/mol. The van der Waals surface area contributed by atoms with Gasteiger partial charge in [-0.15, -0.1) is 0 Å². The summed E-state index contributed by atoms with van der Waals surface area (Å²) in [4.78, 5) is 7.08. The molecule has 0 atom stereocenters. The van der Waals surface area contributed by atoms with Gasteiger partial charge in [0.25, 0.3) is 0 Å². The Balaban J connectivity index is 0.000000278. The van der Waals surface area contributed by atoms with Crippen LogP contribution in [0.4, 0.5) is 0 Å². The average molecular weight is 596 g/mol. The van der Waals surface area contributed by atoms with Gasteiger partial charge in [-0.3, -0.25) is 0 Å². The standard InChI is InChI=1S/C18H15P.C3HCl2N2.Au/c1-4-10-16(11-5-1)19(17-12-6-2-7-13-17)18-14-8-3-9-15-18;4-2-3(5)7-1-6-2;/h1-15H;1H;/q;-1;+1/p+1. The molecule has 27 heavy (non-hydrogen) atoms. The molecule has 0 fully saturated rings. The van der Waals surface area contributed by atoms with E-state index in [1.807, 2.05) is 0 Å². The number of benzene rings is 3. The largest absolute Gasteiger partial charge is 1.00 e. The number of hydrogen-bond acceptors (Lipinski definition) is 1. The summed E-state index contributed by atoms with van der Waals surface area (Å²) in [5.41, 5.74) is 0. The maximum atomic E-state index is 5.32. The second-order valence-corrected chi connectivity index (χ2v) is 8.63. The molecule has 0 aliphatic rings. The van der Waals surface area contributed by atoms with E-state index < -0.39 is 7.92 Å². The number of imidazole rings is 1. The van der Waals surface area contributed by atoms with Gasteiger partial charge >= 0.3 is 22.4 Å². The topological polar surface area (TPSA) is 27.0 Å².